The monoisotopic (exact) mass is 213 g/mol. The van der Waals surface area contributed by atoms with Crippen molar-refractivity contribution in [2.75, 3.05) is 0 Å². The van der Waals surface area contributed by atoms with E-state index in [0.29, 0.717) is 6.42 Å². The van der Waals surface area contributed by atoms with Gasteiger partial charge >= 0.3 is 0 Å². The molecule has 1 aromatic rings. The molecule has 2 N–H and O–H groups in total. The van der Waals surface area contributed by atoms with Gasteiger partial charge in [-0.2, -0.15) is 0 Å². The lowest BCUT2D eigenvalue weighted by Crippen LogP contribution is -2.10. The zero-order valence-corrected chi connectivity index (χ0v) is 8.81. The molecule has 0 aromatic heterocycles. The van der Waals surface area contributed by atoms with E-state index in [4.69, 9.17) is 17.3 Å². The van der Waals surface area contributed by atoms with Crippen LogP contribution in [0.4, 0.5) is 4.39 Å². The first-order chi connectivity index (χ1) is 6.50. The fraction of sp³-hybridized carbons (Fsp3) is 0.273. The maximum absolute atomic E-state index is 13.1. The molecule has 0 aliphatic carbocycles. The quantitative estimate of drug-likeness (QED) is 0.765. The lowest BCUT2D eigenvalue weighted by Gasteiger charge is -2.11. The molecule has 0 amide bonds. The molecule has 1 rings (SSSR count). The molecule has 1 nitrogen and oxygen atoms in total. The molecule has 0 aliphatic rings. The summed E-state index contributed by atoms with van der Waals surface area (Å²) in [6.45, 7) is 5.66. The number of nitrogens with two attached hydrogens (primary N) is 1. The van der Waals surface area contributed by atoms with Gasteiger partial charge in [-0.25, -0.2) is 4.39 Å². The van der Waals surface area contributed by atoms with Gasteiger partial charge in [-0.05, 0) is 31.0 Å². The van der Waals surface area contributed by atoms with Crippen molar-refractivity contribution in [3.05, 3.63) is 46.8 Å². The normalized spacial score (nSPS) is 12.6. The molecule has 0 radical (unpaired) electrons. The van der Waals surface area contributed by atoms with Crippen molar-refractivity contribution >= 4 is 11.6 Å². The van der Waals surface area contributed by atoms with Gasteiger partial charge in [0.2, 0.25) is 0 Å². The molecule has 0 aliphatic heterocycles. The van der Waals surface area contributed by atoms with Gasteiger partial charge in [-0.1, -0.05) is 23.2 Å². The van der Waals surface area contributed by atoms with Crippen LogP contribution in [0.25, 0.3) is 0 Å². The standard InChI is InChI=1S/C11H13ClFN/c1-7(2)5-11(14)8-3-4-9(12)10(13)6-8/h3-4,6,11H,1,5,14H2,2H3. The van der Waals surface area contributed by atoms with Crippen molar-refractivity contribution < 1.29 is 4.39 Å². The molecule has 0 saturated carbocycles. The maximum atomic E-state index is 13.1. The maximum Gasteiger partial charge on any atom is 0.142 e. The summed E-state index contributed by atoms with van der Waals surface area (Å²) in [5.41, 5.74) is 7.57. The van der Waals surface area contributed by atoms with Gasteiger partial charge in [0.15, 0.2) is 0 Å². The number of hydrogen-bond acceptors (Lipinski definition) is 1. The second-order valence-electron chi connectivity index (χ2n) is 3.44. The number of rotatable bonds is 3. The highest BCUT2D eigenvalue weighted by Gasteiger charge is 2.08. The van der Waals surface area contributed by atoms with Gasteiger partial charge < -0.3 is 5.73 Å². The summed E-state index contributed by atoms with van der Waals surface area (Å²) >= 11 is 5.56. The Balaban J connectivity index is 2.85. The molecule has 0 fully saturated rings. The molecule has 0 spiro atoms. The number of halogens is 2. The van der Waals surface area contributed by atoms with Crippen molar-refractivity contribution in [3.8, 4) is 0 Å². The van der Waals surface area contributed by atoms with E-state index >= 15 is 0 Å². The Labute approximate surface area is 88.4 Å². The minimum Gasteiger partial charge on any atom is -0.324 e. The first kappa shape index (κ1) is 11.2. The summed E-state index contributed by atoms with van der Waals surface area (Å²) in [5, 5.41) is 0.122. The van der Waals surface area contributed by atoms with Crippen LogP contribution in [0.3, 0.4) is 0 Å². The van der Waals surface area contributed by atoms with Crippen molar-refractivity contribution in [1.29, 1.82) is 0 Å². The Morgan fingerprint density at radius 3 is 2.79 bits per heavy atom. The molecule has 14 heavy (non-hydrogen) atoms. The zero-order chi connectivity index (χ0) is 10.7. The molecule has 0 heterocycles. The lowest BCUT2D eigenvalue weighted by atomic mass is 10.0. The molecule has 1 atom stereocenters. The number of hydrogen-bond donors (Lipinski definition) is 1. The summed E-state index contributed by atoms with van der Waals surface area (Å²) < 4.78 is 13.1. The van der Waals surface area contributed by atoms with E-state index in [-0.39, 0.29) is 11.1 Å². The second-order valence-corrected chi connectivity index (χ2v) is 3.85. The average molecular weight is 214 g/mol. The first-order valence-corrected chi connectivity index (χ1v) is 4.73. The van der Waals surface area contributed by atoms with Crippen LogP contribution < -0.4 is 5.73 Å². The number of benzene rings is 1. The lowest BCUT2D eigenvalue weighted by molar-refractivity contribution is 0.618. The zero-order valence-electron chi connectivity index (χ0n) is 8.06. The van der Waals surface area contributed by atoms with Crippen molar-refractivity contribution in [3.63, 3.8) is 0 Å². The summed E-state index contributed by atoms with van der Waals surface area (Å²) in [7, 11) is 0. The summed E-state index contributed by atoms with van der Waals surface area (Å²) in [6, 6.07) is 4.42. The summed E-state index contributed by atoms with van der Waals surface area (Å²) in [5.74, 6) is -0.429. The van der Waals surface area contributed by atoms with Crippen LogP contribution in [0.5, 0.6) is 0 Å². The van der Waals surface area contributed by atoms with E-state index in [1.54, 1.807) is 6.07 Å². The predicted molar refractivity (Wildman–Crippen MR) is 57.8 cm³/mol. The Hall–Kier alpha value is -0.860. The van der Waals surface area contributed by atoms with Gasteiger partial charge in [0.25, 0.3) is 0 Å². The Morgan fingerprint density at radius 1 is 1.64 bits per heavy atom. The minimum atomic E-state index is -0.429. The van der Waals surface area contributed by atoms with Gasteiger partial charge in [-0.3, -0.25) is 0 Å². The average Bonchev–Trinajstić information content (AvgIpc) is 2.08. The first-order valence-electron chi connectivity index (χ1n) is 4.35. The van der Waals surface area contributed by atoms with E-state index in [0.717, 1.165) is 11.1 Å². The smallest absolute Gasteiger partial charge is 0.142 e. The van der Waals surface area contributed by atoms with Crippen LogP contribution in [0.15, 0.2) is 30.4 Å². The highest BCUT2D eigenvalue weighted by molar-refractivity contribution is 6.30. The predicted octanol–water partition coefficient (Wildman–Crippen LogP) is 3.45. The van der Waals surface area contributed by atoms with Gasteiger partial charge in [0.05, 0.1) is 5.02 Å². The minimum absolute atomic E-state index is 0.122. The Bertz CT molecular complexity index is 349. The van der Waals surface area contributed by atoms with Gasteiger partial charge in [0.1, 0.15) is 5.82 Å². The van der Waals surface area contributed by atoms with Crippen LogP contribution >= 0.6 is 11.6 Å². The van der Waals surface area contributed by atoms with E-state index in [9.17, 15) is 4.39 Å². The summed E-state index contributed by atoms with van der Waals surface area (Å²) in [4.78, 5) is 0. The third kappa shape index (κ3) is 2.82. The van der Waals surface area contributed by atoms with Crippen LogP contribution in [-0.2, 0) is 0 Å². The molecule has 3 heteroatoms. The molecule has 1 aromatic carbocycles. The van der Waals surface area contributed by atoms with Crippen LogP contribution in [0.2, 0.25) is 5.02 Å². The highest BCUT2D eigenvalue weighted by Crippen LogP contribution is 2.22. The topological polar surface area (TPSA) is 26.0 Å². The van der Waals surface area contributed by atoms with E-state index in [1.165, 1.54) is 12.1 Å². The van der Waals surface area contributed by atoms with Gasteiger partial charge in [-0.15, -0.1) is 6.58 Å². The Morgan fingerprint density at radius 2 is 2.29 bits per heavy atom. The van der Waals surface area contributed by atoms with Gasteiger partial charge in [0, 0.05) is 6.04 Å². The van der Waals surface area contributed by atoms with E-state index < -0.39 is 5.82 Å². The van der Waals surface area contributed by atoms with Crippen LogP contribution in [-0.4, -0.2) is 0 Å². The fourth-order valence-corrected chi connectivity index (χ4v) is 1.35. The molecular weight excluding hydrogens is 201 g/mol. The van der Waals surface area contributed by atoms with E-state index in [2.05, 4.69) is 6.58 Å². The summed E-state index contributed by atoms with van der Waals surface area (Å²) in [6.07, 6.45) is 0.654. The third-order valence-electron chi connectivity index (χ3n) is 1.94. The molecule has 1 unspecified atom stereocenters. The van der Waals surface area contributed by atoms with Crippen LogP contribution in [0, 0.1) is 5.82 Å². The molecular formula is C11H13ClFN. The van der Waals surface area contributed by atoms with Crippen molar-refractivity contribution in [1.82, 2.24) is 0 Å². The second kappa shape index (κ2) is 4.58. The van der Waals surface area contributed by atoms with Crippen molar-refractivity contribution in [2.24, 2.45) is 5.73 Å². The van der Waals surface area contributed by atoms with Crippen LogP contribution in [0.1, 0.15) is 24.9 Å². The fourth-order valence-electron chi connectivity index (χ4n) is 1.24. The van der Waals surface area contributed by atoms with E-state index in [1.807, 2.05) is 6.92 Å². The largest absolute Gasteiger partial charge is 0.324 e. The van der Waals surface area contributed by atoms with Crippen molar-refractivity contribution in [2.45, 2.75) is 19.4 Å². The molecule has 76 valence electrons. The highest BCUT2D eigenvalue weighted by atomic mass is 35.5. The Kier molecular flexibility index (Phi) is 3.67. The molecule has 0 saturated heterocycles. The SMILES string of the molecule is C=C(C)CC(N)c1ccc(Cl)c(F)c1. The third-order valence-corrected chi connectivity index (χ3v) is 2.25. The molecule has 0 bridgehead atoms.